The van der Waals surface area contributed by atoms with E-state index in [0.29, 0.717) is 24.2 Å². The number of Topliss-reactive ketones (excluding diaryl/α,β-unsaturated/α-hetero) is 1. The van der Waals surface area contributed by atoms with Crippen LogP contribution in [0, 0.1) is 34.5 Å². The molecule has 0 amide bonds. The highest BCUT2D eigenvalue weighted by Gasteiger charge is 2.65. The molecule has 0 spiro atoms. The lowest BCUT2D eigenvalue weighted by Crippen LogP contribution is -2.53. The van der Waals surface area contributed by atoms with E-state index in [0.717, 1.165) is 45.1 Å². The van der Waals surface area contributed by atoms with Gasteiger partial charge in [-0.2, -0.15) is 0 Å². The average molecular weight is 386 g/mol. The van der Waals surface area contributed by atoms with Gasteiger partial charge in [-0.25, -0.2) is 0 Å². The van der Waals surface area contributed by atoms with Crippen molar-refractivity contribution in [1.82, 2.24) is 0 Å². The first-order chi connectivity index (χ1) is 13.3. The molecule has 0 aromatic rings. The third-order valence-electron chi connectivity index (χ3n) is 9.04. The van der Waals surface area contributed by atoms with Crippen LogP contribution in [0.15, 0.2) is 11.6 Å². The van der Waals surface area contributed by atoms with E-state index in [-0.39, 0.29) is 47.0 Å². The molecule has 0 radical (unpaired) electrons. The maximum absolute atomic E-state index is 12.8. The van der Waals surface area contributed by atoms with Gasteiger partial charge in [0.1, 0.15) is 6.61 Å². The fourth-order valence-corrected chi connectivity index (χ4v) is 7.84. The summed E-state index contributed by atoms with van der Waals surface area (Å²) in [6.07, 6.45) is 8.73. The van der Waals surface area contributed by atoms with Gasteiger partial charge in [-0.15, -0.1) is 0 Å². The second-order valence-corrected chi connectivity index (χ2v) is 10.1. The summed E-state index contributed by atoms with van der Waals surface area (Å²) in [5.41, 5.74) is 1.36. The molecule has 0 aromatic carbocycles. The lowest BCUT2D eigenvalue weighted by atomic mass is 9.46. The molecule has 5 nitrogen and oxygen atoms in total. The molecular weight excluding hydrogens is 356 g/mol. The molecule has 4 fully saturated rings. The summed E-state index contributed by atoms with van der Waals surface area (Å²) in [6.45, 7) is 4.35. The number of hydrogen-bond acceptors (Lipinski definition) is 5. The number of carbonyl (C=O) groups is 3. The summed E-state index contributed by atoms with van der Waals surface area (Å²) in [5.74, 6) is 1.64. The lowest BCUT2D eigenvalue weighted by Gasteiger charge is -2.56. The van der Waals surface area contributed by atoms with Crippen LogP contribution < -0.4 is 0 Å². The minimum Gasteiger partial charge on any atom is -0.458 e. The fourth-order valence-electron chi connectivity index (χ4n) is 7.84. The van der Waals surface area contributed by atoms with Crippen LogP contribution in [-0.4, -0.2) is 36.9 Å². The highest BCUT2D eigenvalue weighted by Crippen LogP contribution is 2.68. The zero-order valence-electron chi connectivity index (χ0n) is 16.9. The normalized spacial score (nSPS) is 46.3. The molecule has 3 saturated carbocycles. The van der Waals surface area contributed by atoms with Crippen LogP contribution in [-0.2, 0) is 23.9 Å². The molecule has 5 aliphatic rings. The van der Waals surface area contributed by atoms with Crippen molar-refractivity contribution in [2.24, 2.45) is 34.5 Å². The monoisotopic (exact) mass is 386 g/mol. The van der Waals surface area contributed by atoms with Crippen LogP contribution in [0.1, 0.15) is 58.8 Å². The molecule has 1 aliphatic heterocycles. The average Bonchev–Trinajstić information content (AvgIpc) is 3.14. The van der Waals surface area contributed by atoms with Crippen molar-refractivity contribution < 1.29 is 23.9 Å². The number of rotatable bonds is 3. The Morgan fingerprint density at radius 2 is 2.04 bits per heavy atom. The maximum Gasteiger partial charge on any atom is 0.303 e. The Kier molecular flexibility index (Phi) is 4.14. The van der Waals surface area contributed by atoms with E-state index in [1.165, 1.54) is 12.5 Å². The Morgan fingerprint density at radius 3 is 2.82 bits per heavy atom. The van der Waals surface area contributed by atoms with Gasteiger partial charge >= 0.3 is 5.97 Å². The van der Waals surface area contributed by atoms with Gasteiger partial charge < -0.3 is 9.47 Å². The predicted octanol–water partition coefficient (Wildman–Crippen LogP) is 3.26. The minimum absolute atomic E-state index is 0.000181. The molecule has 5 rings (SSSR count). The van der Waals surface area contributed by atoms with Crippen molar-refractivity contribution in [2.75, 3.05) is 13.2 Å². The number of carbonyl (C=O) groups excluding carboxylic acids is 3. The summed E-state index contributed by atoms with van der Waals surface area (Å²) in [7, 11) is 0. The van der Waals surface area contributed by atoms with Gasteiger partial charge in [-0.1, -0.05) is 6.92 Å². The van der Waals surface area contributed by atoms with Gasteiger partial charge in [0.15, 0.2) is 11.6 Å². The first-order valence-electron chi connectivity index (χ1n) is 10.9. The highest BCUT2D eigenvalue weighted by molar-refractivity contribution is 5.92. The molecule has 4 aliphatic carbocycles. The molecule has 7 atom stereocenters. The van der Waals surface area contributed by atoms with E-state index < -0.39 is 0 Å². The summed E-state index contributed by atoms with van der Waals surface area (Å²) in [4.78, 5) is 36.0. The number of hydrogen-bond donors (Lipinski definition) is 0. The lowest BCUT2D eigenvalue weighted by molar-refractivity contribution is -0.149. The van der Waals surface area contributed by atoms with E-state index in [2.05, 4.69) is 6.92 Å². The van der Waals surface area contributed by atoms with Crippen LogP contribution in [0.2, 0.25) is 0 Å². The third kappa shape index (κ3) is 2.44. The van der Waals surface area contributed by atoms with Crippen molar-refractivity contribution >= 4 is 17.5 Å². The minimum atomic E-state index is -0.386. The molecule has 5 heteroatoms. The molecule has 1 saturated heterocycles. The molecule has 2 bridgehead atoms. The van der Waals surface area contributed by atoms with Crippen LogP contribution >= 0.6 is 0 Å². The smallest absolute Gasteiger partial charge is 0.303 e. The quantitative estimate of drug-likeness (QED) is 0.697. The Morgan fingerprint density at radius 1 is 1.21 bits per heavy atom. The van der Waals surface area contributed by atoms with E-state index in [9.17, 15) is 14.4 Å². The predicted molar refractivity (Wildman–Crippen MR) is 101 cm³/mol. The molecule has 7 unspecified atom stereocenters. The second kappa shape index (κ2) is 6.25. The molecule has 0 N–H and O–H groups in total. The number of esters is 1. The zero-order chi connectivity index (χ0) is 19.7. The largest absolute Gasteiger partial charge is 0.458 e. The first-order valence-corrected chi connectivity index (χ1v) is 10.9. The SMILES string of the molecule is CC(=O)OCC(=O)C1CCC2C3CC4OCC5(CCC(=O)C=C45)C3CCC12C. The van der Waals surface area contributed by atoms with Gasteiger partial charge in [0.25, 0.3) is 0 Å². The second-order valence-electron chi connectivity index (χ2n) is 10.1. The van der Waals surface area contributed by atoms with Gasteiger partial charge in [-0.05, 0) is 73.3 Å². The van der Waals surface area contributed by atoms with Crippen LogP contribution in [0.3, 0.4) is 0 Å². The maximum atomic E-state index is 12.8. The molecule has 1 heterocycles. The van der Waals surface area contributed by atoms with E-state index in [1.54, 1.807) is 0 Å². The van der Waals surface area contributed by atoms with Gasteiger partial charge in [0, 0.05) is 24.7 Å². The highest BCUT2D eigenvalue weighted by atomic mass is 16.5. The molecule has 152 valence electrons. The first kappa shape index (κ1) is 18.5. The topological polar surface area (TPSA) is 69.7 Å². The van der Waals surface area contributed by atoms with Crippen LogP contribution in [0.25, 0.3) is 0 Å². The Bertz CT molecular complexity index is 769. The van der Waals surface area contributed by atoms with E-state index >= 15 is 0 Å². The Hall–Kier alpha value is -1.49. The molecule has 28 heavy (non-hydrogen) atoms. The van der Waals surface area contributed by atoms with Crippen molar-refractivity contribution in [3.05, 3.63) is 11.6 Å². The number of ketones is 2. The van der Waals surface area contributed by atoms with Gasteiger partial charge in [0.05, 0.1) is 12.7 Å². The standard InChI is InChI=1S/C23H30O5/c1-13(24)27-11-20(26)18-4-3-16-15-10-21-19-9-14(25)5-8-23(19,12-28-21)17(15)6-7-22(16,18)2/h9,15-18,21H,3-8,10-12H2,1-2H3. The van der Waals surface area contributed by atoms with E-state index in [4.69, 9.17) is 9.47 Å². The zero-order valence-corrected chi connectivity index (χ0v) is 16.9. The van der Waals surface area contributed by atoms with Crippen molar-refractivity contribution in [2.45, 2.75) is 64.9 Å². The van der Waals surface area contributed by atoms with Crippen molar-refractivity contribution in [3.8, 4) is 0 Å². The van der Waals surface area contributed by atoms with Crippen molar-refractivity contribution in [1.29, 1.82) is 0 Å². The molecular formula is C23H30O5. The van der Waals surface area contributed by atoms with E-state index in [1.807, 2.05) is 6.08 Å². The summed E-state index contributed by atoms with van der Waals surface area (Å²) in [6, 6.07) is 0. The summed E-state index contributed by atoms with van der Waals surface area (Å²) < 4.78 is 11.3. The van der Waals surface area contributed by atoms with Gasteiger partial charge in [0.2, 0.25) is 0 Å². The summed E-state index contributed by atoms with van der Waals surface area (Å²) >= 11 is 0. The van der Waals surface area contributed by atoms with Crippen molar-refractivity contribution in [3.63, 3.8) is 0 Å². The fraction of sp³-hybridized carbons (Fsp3) is 0.783. The van der Waals surface area contributed by atoms with Crippen LogP contribution in [0.5, 0.6) is 0 Å². The van der Waals surface area contributed by atoms with Gasteiger partial charge in [-0.3, -0.25) is 14.4 Å². The Balaban J connectivity index is 1.41. The number of fused-ring (bicyclic) bond motifs is 3. The number of ether oxygens (including phenoxy) is 2. The van der Waals surface area contributed by atoms with Crippen LogP contribution in [0.4, 0.5) is 0 Å². The molecule has 0 aromatic heterocycles. The summed E-state index contributed by atoms with van der Waals surface area (Å²) in [5, 5.41) is 0. The Labute approximate surface area is 166 Å². The third-order valence-corrected chi connectivity index (χ3v) is 9.04.